The first-order valence-electron chi connectivity index (χ1n) is 9.29. The van der Waals surface area contributed by atoms with Gasteiger partial charge >= 0.3 is 0 Å². The highest BCUT2D eigenvalue weighted by Gasteiger charge is 2.13. The van der Waals surface area contributed by atoms with E-state index in [0.717, 1.165) is 30.9 Å². The van der Waals surface area contributed by atoms with E-state index in [4.69, 9.17) is 0 Å². The smallest absolute Gasteiger partial charge is 0.258 e. The minimum absolute atomic E-state index is 0.0432. The molecular formula is C21H19F2N5O. The number of benzene rings is 2. The van der Waals surface area contributed by atoms with Crippen molar-refractivity contribution in [1.29, 1.82) is 0 Å². The zero-order chi connectivity index (χ0) is 20.2. The van der Waals surface area contributed by atoms with Crippen LogP contribution in [0.4, 0.5) is 31.8 Å². The Kier molecular flexibility index (Phi) is 5.33. The molecular weight excluding hydrogens is 376 g/mol. The second-order valence-electron chi connectivity index (χ2n) is 6.74. The van der Waals surface area contributed by atoms with Gasteiger partial charge in [-0.15, -0.1) is 0 Å². The molecule has 1 aliphatic rings. The Morgan fingerprint density at radius 1 is 0.966 bits per heavy atom. The lowest BCUT2D eigenvalue weighted by Gasteiger charge is -2.17. The summed E-state index contributed by atoms with van der Waals surface area (Å²) >= 11 is 0. The Balaban J connectivity index is 1.38. The molecule has 6 nitrogen and oxygen atoms in total. The van der Waals surface area contributed by atoms with E-state index >= 15 is 0 Å². The molecule has 1 aliphatic heterocycles. The van der Waals surface area contributed by atoms with Crippen LogP contribution < -0.4 is 15.5 Å². The van der Waals surface area contributed by atoms with Gasteiger partial charge in [-0.2, -0.15) is 0 Å². The van der Waals surface area contributed by atoms with Crippen molar-refractivity contribution in [2.45, 2.75) is 12.8 Å². The largest absolute Gasteiger partial charge is 0.372 e. The topological polar surface area (TPSA) is 70.2 Å². The number of nitrogens with one attached hydrogen (secondary N) is 2. The Bertz CT molecular complexity index is 1000. The lowest BCUT2D eigenvalue weighted by molar-refractivity contribution is 0.102. The molecule has 0 bridgehead atoms. The number of hydrogen-bond acceptors (Lipinski definition) is 5. The molecule has 1 amide bonds. The summed E-state index contributed by atoms with van der Waals surface area (Å²) in [4.78, 5) is 22.7. The Morgan fingerprint density at radius 2 is 1.66 bits per heavy atom. The number of halogens is 2. The van der Waals surface area contributed by atoms with Crippen LogP contribution in [-0.4, -0.2) is 29.0 Å². The summed E-state index contributed by atoms with van der Waals surface area (Å²) in [6, 6.07) is 10.8. The molecule has 1 saturated heterocycles. The van der Waals surface area contributed by atoms with E-state index in [0.29, 0.717) is 5.69 Å². The second-order valence-corrected chi connectivity index (χ2v) is 6.74. The SMILES string of the molecule is O=C(Nc1ccc(N2CCCC2)cc1)c1cnc(Nc2ccc(F)cc2F)nc1. The Hall–Kier alpha value is -3.55. The van der Waals surface area contributed by atoms with Crippen molar-refractivity contribution >= 4 is 28.9 Å². The number of carbonyl (C=O) groups excluding carboxylic acids is 1. The van der Waals surface area contributed by atoms with Gasteiger partial charge in [0.25, 0.3) is 5.91 Å². The predicted molar refractivity (Wildman–Crippen MR) is 108 cm³/mol. The lowest BCUT2D eigenvalue weighted by Crippen LogP contribution is -2.17. The summed E-state index contributed by atoms with van der Waals surface area (Å²) in [5.74, 6) is -1.68. The molecule has 3 aromatic rings. The molecule has 2 N–H and O–H groups in total. The maximum atomic E-state index is 13.7. The van der Waals surface area contributed by atoms with Crippen LogP contribution in [-0.2, 0) is 0 Å². The van der Waals surface area contributed by atoms with E-state index in [1.54, 1.807) is 0 Å². The highest BCUT2D eigenvalue weighted by atomic mass is 19.1. The fourth-order valence-corrected chi connectivity index (χ4v) is 3.16. The van der Waals surface area contributed by atoms with Gasteiger partial charge in [-0.3, -0.25) is 4.79 Å². The zero-order valence-electron chi connectivity index (χ0n) is 15.5. The van der Waals surface area contributed by atoms with Crippen molar-refractivity contribution in [3.8, 4) is 0 Å². The zero-order valence-corrected chi connectivity index (χ0v) is 15.5. The third-order valence-corrected chi connectivity index (χ3v) is 4.69. The highest BCUT2D eigenvalue weighted by molar-refractivity contribution is 6.04. The molecule has 0 saturated carbocycles. The van der Waals surface area contributed by atoms with Gasteiger partial charge in [-0.05, 0) is 49.2 Å². The maximum Gasteiger partial charge on any atom is 0.258 e. The third kappa shape index (κ3) is 4.48. The van der Waals surface area contributed by atoms with Gasteiger partial charge in [0.15, 0.2) is 0 Å². The highest BCUT2D eigenvalue weighted by Crippen LogP contribution is 2.22. The minimum Gasteiger partial charge on any atom is -0.372 e. The third-order valence-electron chi connectivity index (χ3n) is 4.69. The first kappa shape index (κ1) is 18.8. The predicted octanol–water partition coefficient (Wildman–Crippen LogP) is 4.35. The van der Waals surface area contributed by atoms with E-state index in [1.807, 2.05) is 24.3 Å². The molecule has 0 atom stereocenters. The molecule has 0 spiro atoms. The van der Waals surface area contributed by atoms with Crippen LogP contribution in [0.15, 0.2) is 54.9 Å². The first-order valence-corrected chi connectivity index (χ1v) is 9.29. The normalized spacial score (nSPS) is 13.4. The van der Waals surface area contributed by atoms with Crippen molar-refractivity contribution in [2.24, 2.45) is 0 Å². The van der Waals surface area contributed by atoms with Gasteiger partial charge in [0.05, 0.1) is 11.3 Å². The van der Waals surface area contributed by atoms with Crippen LogP contribution in [0.3, 0.4) is 0 Å². The van der Waals surface area contributed by atoms with Crippen molar-refractivity contribution < 1.29 is 13.6 Å². The molecule has 1 aromatic heterocycles. The van der Waals surface area contributed by atoms with Gasteiger partial charge in [-0.1, -0.05) is 0 Å². The van der Waals surface area contributed by atoms with Crippen molar-refractivity contribution in [1.82, 2.24) is 9.97 Å². The van der Waals surface area contributed by atoms with Gasteiger partial charge in [0.2, 0.25) is 5.95 Å². The number of amides is 1. The molecule has 8 heteroatoms. The summed E-state index contributed by atoms with van der Waals surface area (Å²) in [6.07, 6.45) is 5.09. The monoisotopic (exact) mass is 395 g/mol. The quantitative estimate of drug-likeness (QED) is 0.672. The van der Waals surface area contributed by atoms with Gasteiger partial charge in [0, 0.05) is 42.9 Å². The van der Waals surface area contributed by atoms with E-state index in [2.05, 4.69) is 25.5 Å². The molecule has 4 rings (SSSR count). The van der Waals surface area contributed by atoms with Crippen molar-refractivity contribution in [3.05, 3.63) is 72.1 Å². The summed E-state index contributed by atoms with van der Waals surface area (Å²) < 4.78 is 26.6. The average Bonchev–Trinajstić information content (AvgIpc) is 3.26. The average molecular weight is 395 g/mol. The molecule has 148 valence electrons. The van der Waals surface area contributed by atoms with Crippen LogP contribution in [0.5, 0.6) is 0 Å². The summed E-state index contributed by atoms with van der Waals surface area (Å²) in [5, 5.41) is 5.45. The van der Waals surface area contributed by atoms with Crippen LogP contribution in [0, 0.1) is 11.6 Å². The lowest BCUT2D eigenvalue weighted by atomic mass is 10.2. The summed E-state index contributed by atoms with van der Waals surface area (Å²) in [5.41, 5.74) is 2.13. The molecule has 2 heterocycles. The van der Waals surface area contributed by atoms with E-state index in [1.165, 1.54) is 31.3 Å². The Morgan fingerprint density at radius 3 is 2.31 bits per heavy atom. The van der Waals surface area contributed by atoms with Crippen LogP contribution in [0.1, 0.15) is 23.2 Å². The molecule has 2 aromatic carbocycles. The van der Waals surface area contributed by atoms with Gasteiger partial charge < -0.3 is 15.5 Å². The number of aromatic nitrogens is 2. The summed E-state index contributed by atoms with van der Waals surface area (Å²) in [6.45, 7) is 2.12. The fourth-order valence-electron chi connectivity index (χ4n) is 3.16. The maximum absolute atomic E-state index is 13.7. The fraction of sp³-hybridized carbons (Fsp3) is 0.190. The summed E-state index contributed by atoms with van der Waals surface area (Å²) in [7, 11) is 0. The number of carbonyl (C=O) groups is 1. The minimum atomic E-state index is -0.757. The van der Waals surface area contributed by atoms with Crippen molar-refractivity contribution in [2.75, 3.05) is 28.6 Å². The molecule has 0 unspecified atom stereocenters. The molecule has 29 heavy (non-hydrogen) atoms. The number of anilines is 4. The number of hydrogen-bond donors (Lipinski definition) is 2. The molecule has 0 aliphatic carbocycles. The second kappa shape index (κ2) is 8.22. The first-order chi connectivity index (χ1) is 14.1. The standard InChI is InChI=1S/C21H19F2N5O/c22-15-3-8-19(18(23)11-15)27-21-24-12-14(13-25-21)20(29)26-16-4-6-17(7-5-16)28-9-1-2-10-28/h3-8,11-13H,1-2,9-10H2,(H,26,29)(H,24,25,27). The number of rotatable bonds is 5. The van der Waals surface area contributed by atoms with Crippen molar-refractivity contribution in [3.63, 3.8) is 0 Å². The van der Waals surface area contributed by atoms with E-state index < -0.39 is 11.6 Å². The van der Waals surface area contributed by atoms with Gasteiger partial charge in [-0.25, -0.2) is 18.7 Å². The van der Waals surface area contributed by atoms with Crippen LogP contribution in [0.2, 0.25) is 0 Å². The Labute approximate surface area is 166 Å². The van der Waals surface area contributed by atoms with Crippen LogP contribution >= 0.6 is 0 Å². The van der Waals surface area contributed by atoms with E-state index in [9.17, 15) is 13.6 Å². The molecule has 0 radical (unpaired) electrons. The van der Waals surface area contributed by atoms with Crippen LogP contribution in [0.25, 0.3) is 0 Å². The molecule has 1 fully saturated rings. The number of nitrogens with zero attached hydrogens (tertiary/aromatic N) is 3. The van der Waals surface area contributed by atoms with E-state index in [-0.39, 0.29) is 23.1 Å². The van der Waals surface area contributed by atoms with Gasteiger partial charge in [0.1, 0.15) is 11.6 Å².